The molecule has 3 heterocycles. The molecule has 0 spiro atoms. The van der Waals surface area contributed by atoms with Crippen molar-refractivity contribution in [2.75, 3.05) is 7.11 Å². The molecule has 140 valence electrons. The van der Waals surface area contributed by atoms with Gasteiger partial charge in [0.25, 0.3) is 5.91 Å². The largest absolute Gasteiger partial charge is 0.497 e. The molecule has 4 rings (SSSR count). The number of aryl methyl sites for hydroxylation is 1. The Hall–Kier alpha value is -3.74. The predicted molar refractivity (Wildman–Crippen MR) is 105 cm³/mol. The average Bonchev–Trinajstić information content (AvgIpc) is 3.18. The van der Waals surface area contributed by atoms with E-state index < -0.39 is 0 Å². The fourth-order valence-corrected chi connectivity index (χ4v) is 2.90. The third-order valence-corrected chi connectivity index (χ3v) is 4.38. The summed E-state index contributed by atoms with van der Waals surface area (Å²) in [7, 11) is 1.62. The number of hydrogen-bond donors (Lipinski definition) is 1. The molecule has 0 radical (unpaired) electrons. The lowest BCUT2D eigenvalue weighted by molar-refractivity contribution is 0.0946. The number of hydrogen-bond acceptors (Lipinski definition) is 5. The molecule has 1 amide bonds. The fraction of sp³-hybridized carbons (Fsp3) is 0.143. The molecule has 28 heavy (non-hydrogen) atoms. The van der Waals surface area contributed by atoms with Crippen LogP contribution in [0.25, 0.3) is 17.0 Å². The van der Waals surface area contributed by atoms with E-state index >= 15 is 0 Å². The number of ether oxygens (including phenoxy) is 1. The van der Waals surface area contributed by atoms with Crippen molar-refractivity contribution in [3.8, 4) is 17.1 Å². The number of nitrogens with zero attached hydrogens (tertiary/aromatic N) is 4. The van der Waals surface area contributed by atoms with E-state index in [-0.39, 0.29) is 5.91 Å². The van der Waals surface area contributed by atoms with Gasteiger partial charge >= 0.3 is 0 Å². The predicted octanol–water partition coefficient (Wildman–Crippen LogP) is 3.04. The van der Waals surface area contributed by atoms with E-state index in [0.29, 0.717) is 23.6 Å². The van der Waals surface area contributed by atoms with Crippen LogP contribution in [0.3, 0.4) is 0 Å². The maximum absolute atomic E-state index is 12.6. The summed E-state index contributed by atoms with van der Waals surface area (Å²) in [6.07, 6.45) is 1.72. The van der Waals surface area contributed by atoms with E-state index in [2.05, 4.69) is 20.4 Å². The molecule has 0 aliphatic carbocycles. The van der Waals surface area contributed by atoms with Crippen LogP contribution < -0.4 is 10.1 Å². The highest BCUT2D eigenvalue weighted by molar-refractivity contribution is 5.92. The Balaban J connectivity index is 1.55. The molecular formula is C21H19N5O2. The molecule has 3 aromatic heterocycles. The van der Waals surface area contributed by atoms with Crippen LogP contribution in [0, 0.1) is 6.92 Å². The van der Waals surface area contributed by atoms with E-state index in [1.807, 2.05) is 55.5 Å². The van der Waals surface area contributed by atoms with Gasteiger partial charge in [0.05, 0.1) is 12.8 Å². The second kappa shape index (κ2) is 7.48. The van der Waals surface area contributed by atoms with Gasteiger partial charge < -0.3 is 10.1 Å². The van der Waals surface area contributed by atoms with Crippen molar-refractivity contribution >= 4 is 11.6 Å². The number of aromatic nitrogens is 4. The number of benzene rings is 1. The Kier molecular flexibility index (Phi) is 4.72. The highest BCUT2D eigenvalue weighted by Gasteiger charge is 2.13. The Morgan fingerprint density at radius 1 is 1.11 bits per heavy atom. The van der Waals surface area contributed by atoms with Crippen LogP contribution in [0.5, 0.6) is 5.75 Å². The van der Waals surface area contributed by atoms with Gasteiger partial charge in [-0.05, 0) is 42.8 Å². The van der Waals surface area contributed by atoms with Crippen molar-refractivity contribution in [2.45, 2.75) is 13.5 Å². The summed E-state index contributed by atoms with van der Waals surface area (Å²) >= 11 is 0. The number of carbonyl (C=O) groups excluding carboxylic acids is 1. The first-order valence-corrected chi connectivity index (χ1v) is 8.84. The van der Waals surface area contributed by atoms with Crippen molar-refractivity contribution in [3.05, 3.63) is 77.7 Å². The van der Waals surface area contributed by atoms with Crippen molar-refractivity contribution in [1.82, 2.24) is 24.9 Å². The van der Waals surface area contributed by atoms with E-state index in [0.717, 1.165) is 22.7 Å². The summed E-state index contributed by atoms with van der Waals surface area (Å²) in [6, 6.07) is 16.8. The van der Waals surface area contributed by atoms with Crippen molar-refractivity contribution < 1.29 is 9.53 Å². The maximum Gasteiger partial charge on any atom is 0.270 e. The van der Waals surface area contributed by atoms with E-state index in [4.69, 9.17) is 4.74 Å². The van der Waals surface area contributed by atoms with Gasteiger partial charge in [-0.25, -0.2) is 9.50 Å². The van der Waals surface area contributed by atoms with Crippen LogP contribution in [-0.4, -0.2) is 32.6 Å². The van der Waals surface area contributed by atoms with Gasteiger partial charge in [-0.15, -0.1) is 0 Å². The van der Waals surface area contributed by atoms with Gasteiger partial charge in [-0.1, -0.05) is 18.2 Å². The molecular weight excluding hydrogens is 354 g/mol. The maximum atomic E-state index is 12.6. The second-order valence-electron chi connectivity index (χ2n) is 6.33. The topological polar surface area (TPSA) is 81.4 Å². The normalized spacial score (nSPS) is 10.8. The minimum absolute atomic E-state index is 0.234. The summed E-state index contributed by atoms with van der Waals surface area (Å²) in [5.41, 5.74) is 4.24. The summed E-state index contributed by atoms with van der Waals surface area (Å²) in [5, 5.41) is 7.44. The number of carbonyl (C=O) groups is 1. The standard InChI is InChI=1S/C21H19N5O2/c1-14-11-19(21(27)23-13-15-6-8-16(28-2)9-7-15)24-20-12-18(25-26(14)20)17-5-3-4-10-22-17/h3-12H,13H2,1-2H3,(H,23,27). The quantitative estimate of drug-likeness (QED) is 0.581. The van der Waals surface area contributed by atoms with Gasteiger partial charge in [0.2, 0.25) is 0 Å². The van der Waals surface area contributed by atoms with Crippen LogP contribution in [-0.2, 0) is 6.54 Å². The Labute approximate surface area is 162 Å². The first kappa shape index (κ1) is 17.7. The first-order valence-electron chi connectivity index (χ1n) is 8.84. The first-order chi connectivity index (χ1) is 13.6. The number of nitrogens with one attached hydrogen (secondary N) is 1. The molecule has 7 nitrogen and oxygen atoms in total. The van der Waals surface area contributed by atoms with Crippen molar-refractivity contribution in [3.63, 3.8) is 0 Å². The molecule has 1 aromatic carbocycles. The summed E-state index contributed by atoms with van der Waals surface area (Å²) in [6.45, 7) is 2.30. The second-order valence-corrected chi connectivity index (χ2v) is 6.33. The highest BCUT2D eigenvalue weighted by atomic mass is 16.5. The SMILES string of the molecule is COc1ccc(CNC(=O)c2cc(C)n3nc(-c4ccccn4)cc3n2)cc1. The fourth-order valence-electron chi connectivity index (χ4n) is 2.90. The Bertz CT molecular complexity index is 1120. The van der Waals surface area contributed by atoms with Crippen LogP contribution in [0.15, 0.2) is 60.8 Å². The van der Waals surface area contributed by atoms with E-state index in [1.54, 1.807) is 23.9 Å². The van der Waals surface area contributed by atoms with Gasteiger partial charge in [-0.2, -0.15) is 5.10 Å². The minimum Gasteiger partial charge on any atom is -0.497 e. The molecule has 0 fully saturated rings. The molecule has 0 unspecified atom stereocenters. The van der Waals surface area contributed by atoms with E-state index in [9.17, 15) is 4.79 Å². The molecule has 0 atom stereocenters. The van der Waals surface area contributed by atoms with Gasteiger partial charge in [0.1, 0.15) is 17.1 Å². The third kappa shape index (κ3) is 3.55. The molecule has 0 saturated carbocycles. The van der Waals surface area contributed by atoms with Crippen molar-refractivity contribution in [2.24, 2.45) is 0 Å². The molecule has 0 bridgehead atoms. The van der Waals surface area contributed by atoms with Gasteiger partial charge in [-0.3, -0.25) is 9.78 Å². The lowest BCUT2D eigenvalue weighted by Crippen LogP contribution is -2.24. The zero-order chi connectivity index (χ0) is 19.5. The van der Waals surface area contributed by atoms with Crippen molar-refractivity contribution in [1.29, 1.82) is 0 Å². The minimum atomic E-state index is -0.234. The molecule has 0 aliphatic rings. The lowest BCUT2D eigenvalue weighted by atomic mass is 10.2. The molecule has 1 N–H and O–H groups in total. The number of rotatable bonds is 5. The molecule has 0 aliphatic heterocycles. The van der Waals surface area contributed by atoms with Gasteiger partial charge in [0.15, 0.2) is 5.65 Å². The monoisotopic (exact) mass is 373 g/mol. The van der Waals surface area contributed by atoms with Crippen LogP contribution in [0.4, 0.5) is 0 Å². The zero-order valence-electron chi connectivity index (χ0n) is 15.6. The van der Waals surface area contributed by atoms with E-state index in [1.165, 1.54) is 0 Å². The Morgan fingerprint density at radius 3 is 2.64 bits per heavy atom. The van der Waals surface area contributed by atoms with Crippen LogP contribution in [0.1, 0.15) is 21.7 Å². The highest BCUT2D eigenvalue weighted by Crippen LogP contribution is 2.18. The summed E-state index contributed by atoms with van der Waals surface area (Å²) in [5.74, 6) is 0.546. The molecule has 7 heteroatoms. The third-order valence-electron chi connectivity index (χ3n) is 4.38. The molecule has 0 saturated heterocycles. The smallest absolute Gasteiger partial charge is 0.270 e. The van der Waals surface area contributed by atoms with Crippen LogP contribution >= 0.6 is 0 Å². The number of amides is 1. The number of methoxy groups -OCH3 is 1. The number of fused-ring (bicyclic) bond motifs is 1. The summed E-state index contributed by atoms with van der Waals surface area (Å²) in [4.78, 5) is 21.4. The number of pyridine rings is 1. The zero-order valence-corrected chi connectivity index (χ0v) is 15.6. The van der Waals surface area contributed by atoms with Gasteiger partial charge in [0, 0.05) is 24.5 Å². The Morgan fingerprint density at radius 2 is 1.93 bits per heavy atom. The average molecular weight is 373 g/mol. The molecule has 4 aromatic rings. The van der Waals surface area contributed by atoms with Crippen LogP contribution in [0.2, 0.25) is 0 Å². The lowest BCUT2D eigenvalue weighted by Gasteiger charge is -2.07. The summed E-state index contributed by atoms with van der Waals surface area (Å²) < 4.78 is 6.85.